The van der Waals surface area contributed by atoms with Crippen LogP contribution in [0.1, 0.15) is 24.8 Å². The van der Waals surface area contributed by atoms with Crippen molar-refractivity contribution in [3.05, 3.63) is 34.3 Å². The van der Waals surface area contributed by atoms with Gasteiger partial charge in [-0.1, -0.05) is 34.1 Å². The SMILES string of the molecule is CN(CCc1ccccc1Br)C(=O)C1(C#N)CCC1. The van der Waals surface area contributed by atoms with Gasteiger partial charge in [-0.05, 0) is 37.3 Å². The zero-order chi connectivity index (χ0) is 13.9. The fourth-order valence-electron chi connectivity index (χ4n) is 2.36. The van der Waals surface area contributed by atoms with Gasteiger partial charge in [0.15, 0.2) is 0 Å². The third kappa shape index (κ3) is 2.82. The van der Waals surface area contributed by atoms with Gasteiger partial charge in [0.25, 0.3) is 0 Å². The summed E-state index contributed by atoms with van der Waals surface area (Å²) in [5.41, 5.74) is 0.449. The van der Waals surface area contributed by atoms with Gasteiger partial charge in [0.05, 0.1) is 6.07 Å². The van der Waals surface area contributed by atoms with Crippen LogP contribution in [0.25, 0.3) is 0 Å². The second kappa shape index (κ2) is 5.75. The fraction of sp³-hybridized carbons (Fsp3) is 0.467. The highest BCUT2D eigenvalue weighted by Gasteiger charge is 2.45. The summed E-state index contributed by atoms with van der Waals surface area (Å²) in [5.74, 6) is -0.0201. The summed E-state index contributed by atoms with van der Waals surface area (Å²) in [4.78, 5) is 14.0. The maximum Gasteiger partial charge on any atom is 0.242 e. The molecule has 1 aromatic rings. The molecule has 0 atom stereocenters. The number of likely N-dealkylation sites (N-methyl/N-ethyl adjacent to an activating group) is 1. The molecule has 0 unspecified atom stereocenters. The number of hydrogen-bond donors (Lipinski definition) is 0. The van der Waals surface area contributed by atoms with E-state index in [-0.39, 0.29) is 5.91 Å². The second-order valence-corrected chi connectivity index (χ2v) is 5.97. The van der Waals surface area contributed by atoms with Crippen LogP contribution in [0.2, 0.25) is 0 Å². The number of hydrogen-bond acceptors (Lipinski definition) is 2. The van der Waals surface area contributed by atoms with Crippen LogP contribution >= 0.6 is 15.9 Å². The maximum absolute atomic E-state index is 12.3. The molecule has 3 nitrogen and oxygen atoms in total. The highest BCUT2D eigenvalue weighted by molar-refractivity contribution is 9.10. The first-order valence-corrected chi connectivity index (χ1v) is 7.28. The van der Waals surface area contributed by atoms with Crippen LogP contribution in [0, 0.1) is 16.7 Å². The Morgan fingerprint density at radius 1 is 1.47 bits per heavy atom. The van der Waals surface area contributed by atoms with Crippen molar-refractivity contribution in [3.63, 3.8) is 0 Å². The monoisotopic (exact) mass is 320 g/mol. The minimum Gasteiger partial charge on any atom is -0.344 e. The first-order valence-electron chi connectivity index (χ1n) is 6.49. The molecule has 0 heterocycles. The Morgan fingerprint density at radius 2 is 2.16 bits per heavy atom. The van der Waals surface area contributed by atoms with Crippen molar-refractivity contribution in [2.45, 2.75) is 25.7 Å². The Kier molecular flexibility index (Phi) is 4.26. The van der Waals surface area contributed by atoms with Crippen molar-refractivity contribution in [2.75, 3.05) is 13.6 Å². The minimum absolute atomic E-state index is 0.0201. The van der Waals surface area contributed by atoms with Crippen molar-refractivity contribution < 1.29 is 4.79 Å². The van der Waals surface area contributed by atoms with Crippen LogP contribution in [0.4, 0.5) is 0 Å². The van der Waals surface area contributed by atoms with E-state index >= 15 is 0 Å². The molecule has 19 heavy (non-hydrogen) atoms. The molecular weight excluding hydrogens is 304 g/mol. The summed E-state index contributed by atoms with van der Waals surface area (Å²) < 4.78 is 1.06. The summed E-state index contributed by atoms with van der Waals surface area (Å²) >= 11 is 3.51. The molecular formula is C15H17BrN2O. The lowest BCUT2D eigenvalue weighted by Gasteiger charge is -2.36. The molecule has 2 rings (SSSR count). The molecule has 1 saturated carbocycles. The topological polar surface area (TPSA) is 44.1 Å². The largest absolute Gasteiger partial charge is 0.344 e. The van der Waals surface area contributed by atoms with Crippen molar-refractivity contribution in [1.82, 2.24) is 4.90 Å². The zero-order valence-corrected chi connectivity index (χ0v) is 12.6. The van der Waals surface area contributed by atoms with Gasteiger partial charge in [0.2, 0.25) is 5.91 Å². The molecule has 1 aromatic carbocycles. The summed E-state index contributed by atoms with van der Waals surface area (Å²) in [6, 6.07) is 10.2. The van der Waals surface area contributed by atoms with Gasteiger partial charge in [0, 0.05) is 18.1 Å². The highest BCUT2D eigenvalue weighted by atomic mass is 79.9. The van der Waals surface area contributed by atoms with E-state index < -0.39 is 5.41 Å². The molecule has 100 valence electrons. The van der Waals surface area contributed by atoms with Crippen molar-refractivity contribution in [2.24, 2.45) is 5.41 Å². The third-order valence-electron chi connectivity index (χ3n) is 3.85. The molecule has 1 amide bonds. The second-order valence-electron chi connectivity index (χ2n) is 5.12. The molecule has 0 aliphatic heterocycles. The predicted molar refractivity (Wildman–Crippen MR) is 77.4 cm³/mol. The van der Waals surface area contributed by atoms with E-state index in [1.54, 1.807) is 11.9 Å². The number of benzene rings is 1. The maximum atomic E-state index is 12.3. The van der Waals surface area contributed by atoms with Crippen LogP contribution < -0.4 is 0 Å². The first kappa shape index (κ1) is 14.1. The lowest BCUT2D eigenvalue weighted by molar-refractivity contribution is -0.141. The van der Waals surface area contributed by atoms with Crippen LogP contribution in [0.3, 0.4) is 0 Å². The standard InChI is InChI=1S/C15H17BrN2O/c1-18(14(19)15(11-17)8-4-9-15)10-7-12-5-2-3-6-13(12)16/h2-3,5-6H,4,7-10H2,1H3. The first-order chi connectivity index (χ1) is 9.09. The Hall–Kier alpha value is -1.34. The van der Waals surface area contributed by atoms with Crippen LogP contribution in [0.5, 0.6) is 0 Å². The van der Waals surface area contributed by atoms with E-state index in [9.17, 15) is 10.1 Å². The molecule has 1 aliphatic carbocycles. The van der Waals surface area contributed by atoms with Gasteiger partial charge in [0.1, 0.15) is 5.41 Å². The zero-order valence-electron chi connectivity index (χ0n) is 11.0. The van der Waals surface area contributed by atoms with E-state index in [0.717, 1.165) is 17.3 Å². The highest BCUT2D eigenvalue weighted by Crippen LogP contribution is 2.41. The predicted octanol–water partition coefficient (Wildman–Crippen LogP) is 3.14. The number of nitrogens with zero attached hydrogens (tertiary/aromatic N) is 2. The molecule has 1 aliphatic rings. The van der Waals surface area contributed by atoms with Crippen LogP contribution in [-0.4, -0.2) is 24.4 Å². The van der Waals surface area contributed by atoms with Gasteiger partial charge in [-0.15, -0.1) is 0 Å². The Balaban J connectivity index is 1.95. The average Bonchev–Trinajstić information content (AvgIpc) is 2.36. The number of amides is 1. The van der Waals surface area contributed by atoms with E-state index in [4.69, 9.17) is 0 Å². The average molecular weight is 321 g/mol. The molecule has 0 saturated heterocycles. The van der Waals surface area contributed by atoms with Crippen molar-refractivity contribution in [3.8, 4) is 6.07 Å². The van der Waals surface area contributed by atoms with E-state index in [1.807, 2.05) is 24.3 Å². The Bertz CT molecular complexity index is 517. The quantitative estimate of drug-likeness (QED) is 0.855. The Morgan fingerprint density at radius 3 is 2.68 bits per heavy atom. The summed E-state index contributed by atoms with van der Waals surface area (Å²) in [7, 11) is 1.79. The summed E-state index contributed by atoms with van der Waals surface area (Å²) in [5, 5.41) is 9.18. The van der Waals surface area contributed by atoms with Gasteiger partial charge >= 0.3 is 0 Å². The van der Waals surface area contributed by atoms with Gasteiger partial charge < -0.3 is 4.90 Å². The smallest absolute Gasteiger partial charge is 0.242 e. The summed E-state index contributed by atoms with van der Waals surface area (Å²) in [6.45, 7) is 0.644. The number of carbonyl (C=O) groups is 1. The number of rotatable bonds is 4. The van der Waals surface area contributed by atoms with Gasteiger partial charge in [-0.3, -0.25) is 4.79 Å². The van der Waals surface area contributed by atoms with Gasteiger partial charge in [-0.2, -0.15) is 5.26 Å². The van der Waals surface area contributed by atoms with Crippen molar-refractivity contribution in [1.29, 1.82) is 5.26 Å². The van der Waals surface area contributed by atoms with E-state index in [2.05, 4.69) is 22.0 Å². The molecule has 0 bridgehead atoms. The number of carbonyl (C=O) groups excluding carboxylic acids is 1. The lowest BCUT2D eigenvalue weighted by atomic mass is 9.69. The molecule has 0 radical (unpaired) electrons. The van der Waals surface area contributed by atoms with Gasteiger partial charge in [-0.25, -0.2) is 0 Å². The Labute approximate surface area is 122 Å². The minimum atomic E-state index is -0.733. The third-order valence-corrected chi connectivity index (χ3v) is 4.63. The summed E-state index contributed by atoms with van der Waals surface area (Å²) in [6.07, 6.45) is 3.20. The number of halogens is 1. The number of nitriles is 1. The van der Waals surface area contributed by atoms with Crippen LogP contribution in [-0.2, 0) is 11.2 Å². The molecule has 4 heteroatoms. The lowest BCUT2D eigenvalue weighted by Crippen LogP contribution is -2.46. The fourth-order valence-corrected chi connectivity index (χ4v) is 2.84. The molecule has 0 aromatic heterocycles. The van der Waals surface area contributed by atoms with E-state index in [0.29, 0.717) is 19.4 Å². The molecule has 0 spiro atoms. The van der Waals surface area contributed by atoms with Crippen molar-refractivity contribution >= 4 is 21.8 Å². The van der Waals surface area contributed by atoms with Crippen LogP contribution in [0.15, 0.2) is 28.7 Å². The molecule has 0 N–H and O–H groups in total. The van der Waals surface area contributed by atoms with E-state index in [1.165, 1.54) is 5.56 Å². The normalized spacial score (nSPS) is 16.3. The molecule has 1 fully saturated rings.